The van der Waals surface area contributed by atoms with Crippen LogP contribution in [0, 0.1) is 6.92 Å². The van der Waals surface area contributed by atoms with Gasteiger partial charge in [0.2, 0.25) is 0 Å². The van der Waals surface area contributed by atoms with E-state index in [-0.39, 0.29) is 19.9 Å². The summed E-state index contributed by atoms with van der Waals surface area (Å²) in [6.45, 7) is 2.55. The Balaban J connectivity index is 0.00000161. The molecule has 0 saturated carbocycles. The predicted octanol–water partition coefficient (Wildman–Crippen LogP) is 4.29. The molecule has 2 heterocycles. The minimum atomic E-state index is -0.186. The summed E-state index contributed by atoms with van der Waals surface area (Å²) >= 11 is 0. The van der Waals surface area contributed by atoms with Crippen molar-refractivity contribution in [1.82, 2.24) is 4.98 Å². The van der Waals surface area contributed by atoms with E-state index in [4.69, 9.17) is 9.47 Å². The maximum Gasteiger partial charge on any atom is 0.130 e. The molecule has 0 saturated heterocycles. The van der Waals surface area contributed by atoms with Crippen molar-refractivity contribution in [2.75, 3.05) is 20.3 Å². The molecule has 3 nitrogen and oxygen atoms in total. The molecule has 1 aromatic heterocycles. The van der Waals surface area contributed by atoms with Gasteiger partial charge in [-0.05, 0) is 36.6 Å². The molecule has 0 amide bonds. The minimum absolute atomic E-state index is 0. The maximum absolute atomic E-state index is 13.9. The van der Waals surface area contributed by atoms with E-state index in [2.05, 4.69) is 4.98 Å². The Hall–Kier alpha value is -1.94. The fourth-order valence-electron chi connectivity index (χ4n) is 2.54. The van der Waals surface area contributed by atoms with Crippen molar-refractivity contribution >= 4 is 16.5 Å². The lowest BCUT2D eigenvalue weighted by molar-refractivity contribution is 0.138. The third kappa shape index (κ3) is 2.90. The van der Waals surface area contributed by atoms with E-state index in [9.17, 15) is 4.39 Å². The summed E-state index contributed by atoms with van der Waals surface area (Å²) in [4.78, 5) is 4.48. The molecular formula is C17H20FNO2. The van der Waals surface area contributed by atoms with Gasteiger partial charge in [0.15, 0.2) is 0 Å². The Kier molecular flexibility index (Phi) is 4.58. The van der Waals surface area contributed by atoms with Gasteiger partial charge in [0.25, 0.3) is 0 Å². The lowest BCUT2D eigenvalue weighted by atomic mass is 9.98. The molecule has 0 atom stereocenters. The van der Waals surface area contributed by atoms with E-state index in [1.54, 1.807) is 7.11 Å². The molecule has 1 aliphatic heterocycles. The highest BCUT2D eigenvalue weighted by molar-refractivity contribution is 5.89. The van der Waals surface area contributed by atoms with Crippen LogP contribution in [-0.4, -0.2) is 25.3 Å². The number of aromatic nitrogens is 1. The highest BCUT2D eigenvalue weighted by Crippen LogP contribution is 2.32. The number of methoxy groups -OCH3 is 1. The molecule has 4 heteroatoms. The molecular weight excluding hydrogens is 269 g/mol. The third-order valence-corrected chi connectivity index (χ3v) is 3.52. The number of rotatable bonds is 2. The molecule has 0 unspecified atom stereocenters. The Morgan fingerprint density at radius 3 is 2.81 bits per heavy atom. The number of fused-ring (bicyclic) bond motifs is 1. The number of aryl methyl sites for hydroxylation is 1. The Labute approximate surface area is 124 Å². The summed E-state index contributed by atoms with van der Waals surface area (Å²) in [5, 5.41) is 0.905. The van der Waals surface area contributed by atoms with Crippen molar-refractivity contribution in [3.8, 4) is 5.75 Å². The second-order valence-corrected chi connectivity index (χ2v) is 4.88. The summed E-state index contributed by atoms with van der Waals surface area (Å²) in [7, 11) is 1.63. The average Bonchev–Trinajstić information content (AvgIpc) is 2.46. The summed E-state index contributed by atoms with van der Waals surface area (Å²) in [6.07, 6.45) is 0.596. The van der Waals surface area contributed by atoms with Crippen LogP contribution in [0.2, 0.25) is 0 Å². The molecule has 3 rings (SSSR count). The van der Waals surface area contributed by atoms with Gasteiger partial charge in [-0.15, -0.1) is 0 Å². The van der Waals surface area contributed by atoms with Crippen LogP contribution in [0.1, 0.15) is 25.1 Å². The number of hydrogen-bond acceptors (Lipinski definition) is 3. The van der Waals surface area contributed by atoms with Crippen molar-refractivity contribution < 1.29 is 13.9 Å². The normalized spacial score (nSPS) is 15.0. The lowest BCUT2D eigenvalue weighted by Crippen LogP contribution is -2.08. The summed E-state index contributed by atoms with van der Waals surface area (Å²) < 4.78 is 24.4. The van der Waals surface area contributed by atoms with Crippen LogP contribution in [-0.2, 0) is 4.74 Å². The van der Waals surface area contributed by atoms with Gasteiger partial charge in [0.05, 0.1) is 25.8 Å². The van der Waals surface area contributed by atoms with Crippen molar-refractivity contribution in [3.05, 3.63) is 41.3 Å². The van der Waals surface area contributed by atoms with Crippen LogP contribution in [0.25, 0.3) is 16.5 Å². The van der Waals surface area contributed by atoms with Gasteiger partial charge in [-0.2, -0.15) is 0 Å². The molecule has 1 aliphatic rings. The lowest BCUT2D eigenvalue weighted by Gasteiger charge is -2.16. The van der Waals surface area contributed by atoms with E-state index in [1.807, 2.05) is 31.2 Å². The van der Waals surface area contributed by atoms with Crippen molar-refractivity contribution in [3.63, 3.8) is 0 Å². The maximum atomic E-state index is 13.9. The van der Waals surface area contributed by atoms with Crippen molar-refractivity contribution in [1.29, 1.82) is 0 Å². The Bertz CT molecular complexity index is 694. The molecule has 0 spiro atoms. The molecule has 0 bridgehead atoms. The first-order valence-electron chi connectivity index (χ1n) is 6.60. The van der Waals surface area contributed by atoms with E-state index < -0.39 is 0 Å². The second-order valence-electron chi connectivity index (χ2n) is 4.88. The number of pyridine rings is 1. The highest BCUT2D eigenvalue weighted by atomic mass is 19.1. The fraction of sp³-hybridized carbons (Fsp3) is 0.353. The summed E-state index contributed by atoms with van der Waals surface area (Å²) in [5.41, 5.74) is 3.36. The number of halogens is 1. The second kappa shape index (κ2) is 6.22. The van der Waals surface area contributed by atoms with Gasteiger partial charge >= 0.3 is 0 Å². The first-order valence-corrected chi connectivity index (χ1v) is 6.60. The topological polar surface area (TPSA) is 31.4 Å². The molecule has 0 N–H and O–H groups in total. The van der Waals surface area contributed by atoms with Gasteiger partial charge in [-0.3, -0.25) is 4.98 Å². The quantitative estimate of drug-likeness (QED) is 0.826. The number of benzene rings is 1. The Morgan fingerprint density at radius 1 is 1.29 bits per heavy atom. The van der Waals surface area contributed by atoms with Crippen molar-refractivity contribution in [2.45, 2.75) is 20.8 Å². The number of nitrogens with zero attached hydrogens (tertiary/aromatic N) is 1. The smallest absolute Gasteiger partial charge is 0.130 e. The molecule has 21 heavy (non-hydrogen) atoms. The van der Waals surface area contributed by atoms with Crippen LogP contribution in [0.3, 0.4) is 0 Å². The minimum Gasteiger partial charge on any atom is -0.496 e. The van der Waals surface area contributed by atoms with Crippen LogP contribution in [0.4, 0.5) is 4.39 Å². The van der Waals surface area contributed by atoms with Gasteiger partial charge in [0, 0.05) is 17.1 Å². The number of ether oxygens (including phenoxy) is 2. The van der Waals surface area contributed by atoms with E-state index in [0.29, 0.717) is 13.0 Å². The largest absolute Gasteiger partial charge is 0.496 e. The van der Waals surface area contributed by atoms with E-state index in [1.165, 1.54) is 0 Å². The third-order valence-electron chi connectivity index (χ3n) is 3.52. The molecule has 112 valence electrons. The van der Waals surface area contributed by atoms with Gasteiger partial charge in [-0.25, -0.2) is 4.39 Å². The first-order chi connectivity index (χ1) is 9.69. The number of hydrogen-bond donors (Lipinski definition) is 0. The summed E-state index contributed by atoms with van der Waals surface area (Å²) in [5.74, 6) is 0.581. The van der Waals surface area contributed by atoms with Crippen LogP contribution in [0.5, 0.6) is 5.75 Å². The van der Waals surface area contributed by atoms with E-state index in [0.717, 1.165) is 33.5 Å². The van der Waals surface area contributed by atoms with Gasteiger partial charge in [0.1, 0.15) is 11.6 Å². The predicted molar refractivity (Wildman–Crippen MR) is 83.2 cm³/mol. The van der Waals surface area contributed by atoms with E-state index >= 15 is 0 Å². The first kappa shape index (κ1) is 15.4. The highest BCUT2D eigenvalue weighted by Gasteiger charge is 2.16. The molecule has 2 aromatic rings. The van der Waals surface area contributed by atoms with Crippen LogP contribution >= 0.6 is 0 Å². The Morgan fingerprint density at radius 2 is 2.10 bits per heavy atom. The molecule has 0 aliphatic carbocycles. The fourth-order valence-corrected chi connectivity index (χ4v) is 2.54. The standard InChI is InChI=1S/C16H16FNO2.CH4/c1-10-7-16(19-2)13-8-11(3-4-15(13)18-10)12-5-6-20-9-14(12)17;/h3-4,7-8H,5-6,9H2,1-2H3;1H4. The SMILES string of the molecule is C.COc1cc(C)nc2ccc(C3=C(F)COCC3)cc12. The van der Waals surface area contributed by atoms with Gasteiger partial charge in [-0.1, -0.05) is 13.5 Å². The molecule has 0 radical (unpaired) electrons. The van der Waals surface area contributed by atoms with Gasteiger partial charge < -0.3 is 9.47 Å². The summed E-state index contributed by atoms with van der Waals surface area (Å²) in [6, 6.07) is 7.66. The zero-order valence-corrected chi connectivity index (χ0v) is 11.6. The zero-order valence-electron chi connectivity index (χ0n) is 11.6. The molecule has 1 aromatic carbocycles. The average molecular weight is 289 g/mol. The van der Waals surface area contributed by atoms with Crippen LogP contribution < -0.4 is 4.74 Å². The monoisotopic (exact) mass is 289 g/mol. The van der Waals surface area contributed by atoms with Crippen LogP contribution in [0.15, 0.2) is 30.1 Å². The zero-order chi connectivity index (χ0) is 14.1. The van der Waals surface area contributed by atoms with Crippen molar-refractivity contribution in [2.24, 2.45) is 0 Å². The molecule has 0 fully saturated rings.